The van der Waals surface area contributed by atoms with Crippen LogP contribution in [0.15, 0.2) is 54.9 Å². The van der Waals surface area contributed by atoms with E-state index in [1.54, 1.807) is 0 Å². The molecule has 1 aromatic heterocycles. The molecular formula is C17H14N2. The molecular weight excluding hydrogens is 232 g/mol. The van der Waals surface area contributed by atoms with Gasteiger partial charge in [0.2, 0.25) is 0 Å². The van der Waals surface area contributed by atoms with E-state index in [2.05, 4.69) is 52.8 Å². The van der Waals surface area contributed by atoms with Crippen LogP contribution in [0.25, 0.3) is 21.9 Å². The highest BCUT2D eigenvalue weighted by atomic mass is 14.9. The molecule has 19 heavy (non-hydrogen) atoms. The molecule has 3 aromatic rings. The summed E-state index contributed by atoms with van der Waals surface area (Å²) in [7, 11) is 0. The first kappa shape index (κ1) is 10.6. The normalized spacial score (nSPS) is 13.3. The summed E-state index contributed by atoms with van der Waals surface area (Å²) in [4.78, 5) is 4.26. The van der Waals surface area contributed by atoms with Crippen molar-refractivity contribution in [2.45, 2.75) is 6.42 Å². The van der Waals surface area contributed by atoms with Gasteiger partial charge in [0.05, 0.1) is 0 Å². The fourth-order valence-electron chi connectivity index (χ4n) is 2.84. The maximum Gasteiger partial charge on any atom is 0.0373 e. The van der Waals surface area contributed by atoms with Crippen LogP contribution in [0.1, 0.15) is 5.56 Å². The van der Waals surface area contributed by atoms with Crippen LogP contribution in [0.5, 0.6) is 0 Å². The maximum atomic E-state index is 4.26. The third-order valence-electron chi connectivity index (χ3n) is 3.81. The van der Waals surface area contributed by atoms with Crippen LogP contribution in [-0.2, 0) is 6.42 Å². The largest absolute Gasteiger partial charge is 0.384 e. The molecule has 2 heterocycles. The number of hydrogen-bond donors (Lipinski definition) is 1. The summed E-state index contributed by atoms with van der Waals surface area (Å²) in [5, 5.41) is 5.86. The van der Waals surface area contributed by atoms with Gasteiger partial charge >= 0.3 is 0 Å². The van der Waals surface area contributed by atoms with E-state index in [4.69, 9.17) is 0 Å². The van der Waals surface area contributed by atoms with Crippen LogP contribution in [-0.4, -0.2) is 11.5 Å². The van der Waals surface area contributed by atoms with Gasteiger partial charge in [-0.3, -0.25) is 4.98 Å². The summed E-state index contributed by atoms with van der Waals surface area (Å²) >= 11 is 0. The predicted octanol–water partition coefficient (Wildman–Crippen LogP) is 3.87. The molecule has 0 unspecified atom stereocenters. The Kier molecular flexibility index (Phi) is 2.27. The van der Waals surface area contributed by atoms with Gasteiger partial charge in [0.15, 0.2) is 0 Å². The lowest BCUT2D eigenvalue weighted by molar-refractivity contribution is 1.11. The van der Waals surface area contributed by atoms with Crippen LogP contribution in [0, 0.1) is 0 Å². The van der Waals surface area contributed by atoms with Gasteiger partial charge in [0, 0.05) is 30.0 Å². The van der Waals surface area contributed by atoms with Gasteiger partial charge in [-0.15, -0.1) is 0 Å². The topological polar surface area (TPSA) is 24.9 Å². The number of hydrogen-bond acceptors (Lipinski definition) is 2. The number of anilines is 1. The Bertz CT molecular complexity index is 757. The molecule has 0 bridgehead atoms. The average Bonchev–Trinajstić information content (AvgIpc) is 2.94. The Morgan fingerprint density at radius 1 is 1.05 bits per heavy atom. The molecule has 2 nitrogen and oxygen atoms in total. The van der Waals surface area contributed by atoms with Gasteiger partial charge < -0.3 is 5.32 Å². The van der Waals surface area contributed by atoms with Crippen LogP contribution in [0.4, 0.5) is 5.69 Å². The maximum absolute atomic E-state index is 4.26. The first-order valence-corrected chi connectivity index (χ1v) is 6.62. The molecule has 0 radical (unpaired) electrons. The summed E-state index contributed by atoms with van der Waals surface area (Å²) in [5.41, 5.74) is 5.24. The summed E-state index contributed by atoms with van der Waals surface area (Å²) in [5.74, 6) is 0. The second-order valence-corrected chi connectivity index (χ2v) is 4.95. The average molecular weight is 246 g/mol. The standard InChI is InChI=1S/C17H14N2/c1-2-12-6-8-18-11-16(12)15(3-1)13-4-5-17-14(10-13)7-9-19-17/h1-6,8,10-11,19H,7,9H2. The number of rotatable bonds is 1. The molecule has 1 N–H and O–H groups in total. The Morgan fingerprint density at radius 2 is 2.05 bits per heavy atom. The molecule has 1 aliphatic rings. The molecule has 0 atom stereocenters. The molecule has 0 spiro atoms. The van der Waals surface area contributed by atoms with E-state index in [1.807, 2.05) is 12.4 Å². The molecule has 0 saturated carbocycles. The molecule has 2 aromatic carbocycles. The Morgan fingerprint density at radius 3 is 3.05 bits per heavy atom. The fourth-order valence-corrected chi connectivity index (χ4v) is 2.84. The minimum absolute atomic E-state index is 1.05. The van der Waals surface area contributed by atoms with Gasteiger partial charge in [-0.2, -0.15) is 0 Å². The molecule has 0 aliphatic carbocycles. The predicted molar refractivity (Wildman–Crippen MR) is 79.4 cm³/mol. The van der Waals surface area contributed by atoms with Gasteiger partial charge in [-0.1, -0.05) is 24.3 Å². The minimum atomic E-state index is 1.05. The van der Waals surface area contributed by atoms with Gasteiger partial charge in [-0.25, -0.2) is 0 Å². The molecule has 0 fully saturated rings. The zero-order chi connectivity index (χ0) is 12.7. The summed E-state index contributed by atoms with van der Waals surface area (Å²) in [6.07, 6.45) is 4.92. The number of fused-ring (bicyclic) bond motifs is 2. The molecule has 4 rings (SSSR count). The zero-order valence-corrected chi connectivity index (χ0v) is 10.6. The van der Waals surface area contributed by atoms with Crippen molar-refractivity contribution in [2.24, 2.45) is 0 Å². The van der Waals surface area contributed by atoms with Crippen molar-refractivity contribution in [3.63, 3.8) is 0 Å². The molecule has 2 heteroatoms. The van der Waals surface area contributed by atoms with Crippen molar-refractivity contribution < 1.29 is 0 Å². The zero-order valence-electron chi connectivity index (χ0n) is 10.6. The lowest BCUT2D eigenvalue weighted by Crippen LogP contribution is -1.90. The monoisotopic (exact) mass is 246 g/mol. The number of nitrogens with zero attached hydrogens (tertiary/aromatic N) is 1. The number of pyridine rings is 1. The van der Waals surface area contributed by atoms with E-state index < -0.39 is 0 Å². The summed E-state index contributed by atoms with van der Waals surface area (Å²) in [6.45, 7) is 1.05. The van der Waals surface area contributed by atoms with Crippen molar-refractivity contribution in [3.8, 4) is 11.1 Å². The van der Waals surface area contributed by atoms with Crippen molar-refractivity contribution in [1.29, 1.82) is 0 Å². The first-order chi connectivity index (χ1) is 9.42. The second kappa shape index (κ2) is 4.09. The van der Waals surface area contributed by atoms with Crippen molar-refractivity contribution >= 4 is 16.5 Å². The number of nitrogens with one attached hydrogen (secondary N) is 1. The highest BCUT2D eigenvalue weighted by Crippen LogP contribution is 2.32. The van der Waals surface area contributed by atoms with Gasteiger partial charge in [0.1, 0.15) is 0 Å². The Hall–Kier alpha value is -2.35. The van der Waals surface area contributed by atoms with Crippen LogP contribution >= 0.6 is 0 Å². The van der Waals surface area contributed by atoms with Crippen LogP contribution in [0.2, 0.25) is 0 Å². The SMILES string of the molecule is c1cc(-c2ccc3c(c2)CCN3)c2cnccc2c1. The van der Waals surface area contributed by atoms with E-state index in [-0.39, 0.29) is 0 Å². The van der Waals surface area contributed by atoms with Crippen LogP contribution in [0.3, 0.4) is 0 Å². The lowest BCUT2D eigenvalue weighted by atomic mass is 9.97. The van der Waals surface area contributed by atoms with E-state index >= 15 is 0 Å². The smallest absolute Gasteiger partial charge is 0.0373 e. The van der Waals surface area contributed by atoms with Gasteiger partial charge in [-0.05, 0) is 46.7 Å². The Balaban J connectivity index is 1.95. The summed E-state index contributed by atoms with van der Waals surface area (Å²) in [6, 6.07) is 15.2. The van der Waals surface area contributed by atoms with E-state index in [0.29, 0.717) is 0 Å². The molecule has 0 amide bonds. The summed E-state index contributed by atoms with van der Waals surface area (Å²) < 4.78 is 0. The van der Waals surface area contributed by atoms with Gasteiger partial charge in [0.25, 0.3) is 0 Å². The van der Waals surface area contributed by atoms with Crippen molar-refractivity contribution in [1.82, 2.24) is 4.98 Å². The Labute approximate surface area is 112 Å². The van der Waals surface area contributed by atoms with Crippen LogP contribution < -0.4 is 5.32 Å². The lowest BCUT2D eigenvalue weighted by Gasteiger charge is -2.08. The van der Waals surface area contributed by atoms with E-state index in [0.717, 1.165) is 13.0 Å². The third-order valence-corrected chi connectivity index (χ3v) is 3.81. The number of aromatic nitrogens is 1. The molecule has 1 aliphatic heterocycles. The minimum Gasteiger partial charge on any atom is -0.384 e. The highest BCUT2D eigenvalue weighted by molar-refractivity contribution is 5.96. The van der Waals surface area contributed by atoms with E-state index in [9.17, 15) is 0 Å². The molecule has 92 valence electrons. The first-order valence-electron chi connectivity index (χ1n) is 6.62. The quantitative estimate of drug-likeness (QED) is 0.705. The highest BCUT2D eigenvalue weighted by Gasteiger charge is 2.11. The molecule has 0 saturated heterocycles. The second-order valence-electron chi connectivity index (χ2n) is 4.95. The fraction of sp³-hybridized carbons (Fsp3) is 0.118. The number of benzene rings is 2. The third kappa shape index (κ3) is 1.68. The van der Waals surface area contributed by atoms with Crippen molar-refractivity contribution in [3.05, 3.63) is 60.4 Å². The van der Waals surface area contributed by atoms with E-state index in [1.165, 1.54) is 33.2 Å². The van der Waals surface area contributed by atoms with Crippen molar-refractivity contribution in [2.75, 3.05) is 11.9 Å².